The van der Waals surface area contributed by atoms with Crippen molar-refractivity contribution >= 4 is 79.7 Å². The van der Waals surface area contributed by atoms with E-state index in [1.54, 1.807) is 12.1 Å². The van der Waals surface area contributed by atoms with Crippen LogP contribution in [0.1, 0.15) is 31.8 Å². The fourth-order valence-electron chi connectivity index (χ4n) is 5.21. The molecule has 1 fully saturated rings. The van der Waals surface area contributed by atoms with Crippen LogP contribution in [0.15, 0.2) is 60.7 Å². The predicted molar refractivity (Wildman–Crippen MR) is 220 cm³/mol. The number of carbonyl (C=O) groups is 2. The summed E-state index contributed by atoms with van der Waals surface area (Å²) in [7, 11) is 0. The minimum Gasteiger partial charge on any atom is -0.394 e. The lowest BCUT2D eigenvalue weighted by Crippen LogP contribution is -2.42. The SMILES string of the molecule is Cc1cc(I)ccc1Nc1cc(F)c(F)cc1C(=O)NOCC(O)CN1CCOCC1.Cc1cc(I)ccc1Nc1cc(F)c(F)cc1C(=O)NOCC(O)CO. The number of carbonyl (C=O) groups excluding carboxylic acids is 2. The van der Waals surface area contributed by atoms with Crippen LogP contribution in [0.3, 0.4) is 0 Å². The van der Waals surface area contributed by atoms with E-state index in [9.17, 15) is 37.4 Å². The summed E-state index contributed by atoms with van der Waals surface area (Å²) in [5.74, 6) is -6.12. The summed E-state index contributed by atoms with van der Waals surface area (Å²) in [5, 5.41) is 33.8. The van der Waals surface area contributed by atoms with Crippen molar-refractivity contribution in [3.05, 3.63) is 113 Å². The topological polar surface area (TPSA) is 174 Å². The molecule has 1 aliphatic rings. The van der Waals surface area contributed by atoms with E-state index in [-0.39, 0.29) is 35.7 Å². The van der Waals surface area contributed by atoms with Crippen LogP contribution in [0.2, 0.25) is 0 Å². The fourth-order valence-corrected chi connectivity index (χ4v) is 6.50. The molecule has 57 heavy (non-hydrogen) atoms. The van der Waals surface area contributed by atoms with Crippen molar-refractivity contribution in [2.45, 2.75) is 26.1 Å². The van der Waals surface area contributed by atoms with Gasteiger partial charge in [-0.1, -0.05) is 0 Å². The van der Waals surface area contributed by atoms with E-state index in [4.69, 9.17) is 19.5 Å². The quantitative estimate of drug-likeness (QED) is 0.0449. The van der Waals surface area contributed by atoms with Gasteiger partial charge in [0.1, 0.15) is 19.3 Å². The normalized spacial score (nSPS) is 13.9. The maximum Gasteiger partial charge on any atom is 0.277 e. The molecule has 2 unspecified atom stereocenters. The first-order valence-electron chi connectivity index (χ1n) is 17.3. The monoisotopic (exact) mass is 1030 g/mol. The highest BCUT2D eigenvalue weighted by Crippen LogP contribution is 2.28. The fraction of sp³-hybridized carbons (Fsp3) is 0.316. The first-order chi connectivity index (χ1) is 27.1. The molecule has 0 aliphatic carbocycles. The number of benzene rings is 4. The first kappa shape index (κ1) is 46.0. The number of amides is 2. The van der Waals surface area contributed by atoms with Crippen LogP contribution < -0.4 is 21.6 Å². The lowest BCUT2D eigenvalue weighted by Gasteiger charge is -2.28. The highest BCUT2D eigenvalue weighted by atomic mass is 127. The molecule has 1 heterocycles. The Labute approximate surface area is 353 Å². The molecule has 5 rings (SSSR count). The van der Waals surface area contributed by atoms with Gasteiger partial charge in [-0.2, -0.15) is 0 Å². The molecule has 308 valence electrons. The summed E-state index contributed by atoms with van der Waals surface area (Å²) in [6.07, 6.45) is -2.00. The van der Waals surface area contributed by atoms with Crippen LogP contribution in [0, 0.1) is 44.3 Å². The molecule has 4 aromatic rings. The molecule has 0 bridgehead atoms. The minimum atomic E-state index is -1.18. The van der Waals surface area contributed by atoms with Crippen molar-refractivity contribution in [1.29, 1.82) is 0 Å². The number of rotatable bonds is 15. The molecule has 0 spiro atoms. The number of nitrogens with zero attached hydrogens (tertiary/aromatic N) is 1. The molecule has 1 saturated heterocycles. The zero-order valence-corrected chi connectivity index (χ0v) is 35.0. The van der Waals surface area contributed by atoms with Crippen molar-refractivity contribution in [1.82, 2.24) is 15.9 Å². The van der Waals surface area contributed by atoms with Crippen molar-refractivity contribution < 1.29 is 56.9 Å². The van der Waals surface area contributed by atoms with E-state index in [0.717, 1.165) is 42.5 Å². The summed E-state index contributed by atoms with van der Waals surface area (Å²) in [5.41, 5.74) is 7.07. The maximum absolute atomic E-state index is 13.8. The zero-order valence-electron chi connectivity index (χ0n) is 30.7. The Bertz CT molecular complexity index is 2010. The Morgan fingerprint density at radius 2 is 1.12 bits per heavy atom. The third-order valence-corrected chi connectivity index (χ3v) is 9.53. The molecule has 7 N–H and O–H groups in total. The number of aliphatic hydroxyl groups excluding tert-OH is 3. The van der Waals surface area contributed by atoms with Gasteiger partial charge in [-0.05, 0) is 119 Å². The van der Waals surface area contributed by atoms with Gasteiger partial charge < -0.3 is 30.7 Å². The molecule has 19 heteroatoms. The van der Waals surface area contributed by atoms with Crippen molar-refractivity contribution in [2.75, 3.05) is 63.3 Å². The average molecular weight is 1030 g/mol. The van der Waals surface area contributed by atoms with Gasteiger partial charge in [0.15, 0.2) is 23.3 Å². The van der Waals surface area contributed by atoms with Gasteiger partial charge in [0.05, 0.1) is 48.4 Å². The number of nitrogens with one attached hydrogen (secondary N) is 4. The first-order valence-corrected chi connectivity index (χ1v) is 19.5. The Kier molecular flexibility index (Phi) is 18.1. The van der Waals surface area contributed by atoms with Gasteiger partial charge in [-0.15, -0.1) is 0 Å². The molecule has 0 saturated carbocycles. The summed E-state index contributed by atoms with van der Waals surface area (Å²) >= 11 is 4.32. The van der Waals surface area contributed by atoms with Gasteiger partial charge >= 0.3 is 0 Å². The Balaban J connectivity index is 0.000000257. The second kappa shape index (κ2) is 22.5. The summed E-state index contributed by atoms with van der Waals surface area (Å²) < 4.78 is 62.2. The standard InChI is InChI=1S/C21H24F2IN3O4.C17H17F2IN2O4/c1-13-8-14(24)2-3-19(13)25-20-10-18(23)17(22)9-16(20)21(29)26-31-12-15(28)11-27-4-6-30-7-5-27;1-9-4-10(20)2-3-15(9)21-16-6-14(19)13(18)5-12(16)17(25)22-26-8-11(24)7-23/h2-3,8-10,15,25,28H,4-7,11-12H2,1H3,(H,26,29);2-6,11,21,23-24H,7-8H2,1H3,(H,22,25). The summed E-state index contributed by atoms with van der Waals surface area (Å²) in [6.45, 7) is 5.68. The second-order valence-electron chi connectivity index (χ2n) is 12.7. The smallest absolute Gasteiger partial charge is 0.277 e. The number of hydroxylamine groups is 2. The van der Waals surface area contributed by atoms with Gasteiger partial charge in [0.2, 0.25) is 0 Å². The maximum atomic E-state index is 13.8. The second-order valence-corrected chi connectivity index (χ2v) is 15.2. The van der Waals surface area contributed by atoms with Crippen molar-refractivity contribution in [3.63, 3.8) is 0 Å². The van der Waals surface area contributed by atoms with E-state index in [1.807, 2.05) is 48.5 Å². The van der Waals surface area contributed by atoms with Crippen LogP contribution in [0.5, 0.6) is 0 Å². The van der Waals surface area contributed by atoms with Gasteiger partial charge in [0, 0.05) is 50.3 Å². The van der Waals surface area contributed by atoms with Crippen LogP contribution in [0.25, 0.3) is 0 Å². The Hall–Kier alpha value is -3.68. The Morgan fingerprint density at radius 3 is 1.54 bits per heavy atom. The highest BCUT2D eigenvalue weighted by molar-refractivity contribution is 14.1. The Morgan fingerprint density at radius 1 is 0.702 bits per heavy atom. The lowest BCUT2D eigenvalue weighted by molar-refractivity contribution is -0.0363. The van der Waals surface area contributed by atoms with Crippen molar-refractivity contribution in [3.8, 4) is 0 Å². The van der Waals surface area contributed by atoms with E-state index in [1.165, 1.54) is 0 Å². The van der Waals surface area contributed by atoms with Crippen molar-refractivity contribution in [2.24, 2.45) is 0 Å². The van der Waals surface area contributed by atoms with Crippen LogP contribution in [-0.4, -0.2) is 96.9 Å². The molecule has 1 aliphatic heterocycles. The van der Waals surface area contributed by atoms with E-state index >= 15 is 0 Å². The number of anilines is 4. The predicted octanol–water partition coefficient (Wildman–Crippen LogP) is 5.61. The number of hydrogen-bond acceptors (Lipinski definition) is 11. The van der Waals surface area contributed by atoms with Crippen LogP contribution in [0.4, 0.5) is 40.3 Å². The molecule has 0 radical (unpaired) electrons. The zero-order chi connectivity index (χ0) is 41.6. The summed E-state index contributed by atoms with van der Waals surface area (Å²) in [6, 6.07) is 14.4. The van der Waals surface area contributed by atoms with E-state index in [0.29, 0.717) is 44.2 Å². The molecular weight excluding hydrogens is 984 g/mol. The van der Waals surface area contributed by atoms with Gasteiger partial charge in [0.25, 0.3) is 11.8 Å². The highest BCUT2D eigenvalue weighted by Gasteiger charge is 2.20. The number of ether oxygens (including phenoxy) is 1. The number of morpholine rings is 1. The molecular formula is C38H41F4I2N5O8. The minimum absolute atomic E-state index is 0.0528. The average Bonchev–Trinajstić information content (AvgIpc) is 3.17. The lowest BCUT2D eigenvalue weighted by atomic mass is 10.1. The summed E-state index contributed by atoms with van der Waals surface area (Å²) in [4.78, 5) is 36.7. The third kappa shape index (κ3) is 14.3. The molecule has 13 nitrogen and oxygen atoms in total. The largest absolute Gasteiger partial charge is 0.394 e. The van der Waals surface area contributed by atoms with Crippen LogP contribution >= 0.6 is 45.2 Å². The van der Waals surface area contributed by atoms with Gasteiger partial charge in [-0.3, -0.25) is 24.2 Å². The molecule has 0 aromatic heterocycles. The number of halogens is 6. The number of aliphatic hydroxyl groups is 3. The number of aryl methyl sites for hydroxylation is 2. The number of hydrogen-bond donors (Lipinski definition) is 7. The number of β-amino-alcohol motifs (C(OH)–C–C–N with tert-alkyl or cyclic N) is 1. The van der Waals surface area contributed by atoms with Crippen LogP contribution in [-0.2, 0) is 14.4 Å². The molecule has 2 amide bonds. The van der Waals surface area contributed by atoms with E-state index < -0.39 is 53.9 Å². The molecule has 4 aromatic carbocycles. The molecule has 2 atom stereocenters. The van der Waals surface area contributed by atoms with E-state index in [2.05, 4.69) is 61.3 Å². The third-order valence-electron chi connectivity index (χ3n) is 8.19. The van der Waals surface area contributed by atoms with Gasteiger partial charge in [-0.25, -0.2) is 28.5 Å².